The van der Waals surface area contributed by atoms with Gasteiger partial charge in [0.2, 0.25) is 0 Å². The molecule has 0 amide bonds. The molecule has 0 aliphatic rings. The van der Waals surface area contributed by atoms with Gasteiger partial charge in [0, 0.05) is 18.2 Å². The molecule has 0 heterocycles. The third-order valence-electron chi connectivity index (χ3n) is 2.49. The Bertz CT molecular complexity index is 337. The molecule has 0 fully saturated rings. The summed E-state index contributed by atoms with van der Waals surface area (Å²) in [5, 5.41) is 0. The van der Waals surface area contributed by atoms with Crippen LogP contribution in [0.3, 0.4) is 0 Å². The number of hydrogen-bond donors (Lipinski definition) is 1. The molecule has 1 aromatic carbocycles. The molecular formula is C14H23NO2. The predicted octanol–water partition coefficient (Wildman–Crippen LogP) is 2.82. The zero-order chi connectivity index (χ0) is 12.7. The second-order valence-electron chi connectivity index (χ2n) is 4.29. The van der Waals surface area contributed by atoms with Crippen molar-refractivity contribution in [3.8, 4) is 5.75 Å². The lowest BCUT2D eigenvalue weighted by Crippen LogP contribution is -2.11. The van der Waals surface area contributed by atoms with Gasteiger partial charge in [-0.3, -0.25) is 0 Å². The van der Waals surface area contributed by atoms with E-state index in [1.165, 1.54) is 5.56 Å². The molecule has 0 saturated carbocycles. The van der Waals surface area contributed by atoms with Crippen molar-refractivity contribution in [1.82, 2.24) is 0 Å². The van der Waals surface area contributed by atoms with Gasteiger partial charge in [0.05, 0.1) is 6.61 Å². The van der Waals surface area contributed by atoms with Gasteiger partial charge in [-0.2, -0.15) is 0 Å². The Morgan fingerprint density at radius 3 is 2.65 bits per heavy atom. The number of hydrogen-bond acceptors (Lipinski definition) is 3. The molecule has 1 rings (SSSR count). The topological polar surface area (TPSA) is 44.5 Å². The molecule has 96 valence electrons. The molecule has 1 aromatic rings. The average molecular weight is 237 g/mol. The number of ether oxygens (including phenoxy) is 2. The molecular weight excluding hydrogens is 214 g/mol. The standard InChI is InChI=1S/C14H23NO2/c1-4-7-16-8-9-17-14-10-11(2)5-6-13(14)12(3)15/h5-6,10,12H,4,7-9,15H2,1-3H3/t12-/m1/s1. The Kier molecular flexibility index (Phi) is 6.01. The van der Waals surface area contributed by atoms with E-state index in [2.05, 4.69) is 13.0 Å². The Morgan fingerprint density at radius 1 is 1.24 bits per heavy atom. The van der Waals surface area contributed by atoms with Gasteiger partial charge in [-0.1, -0.05) is 19.1 Å². The molecule has 0 spiro atoms. The Hall–Kier alpha value is -1.06. The van der Waals surface area contributed by atoms with Crippen LogP contribution >= 0.6 is 0 Å². The van der Waals surface area contributed by atoms with Crippen LogP contribution in [0.1, 0.15) is 37.4 Å². The van der Waals surface area contributed by atoms with Gasteiger partial charge in [0.1, 0.15) is 12.4 Å². The van der Waals surface area contributed by atoms with Crippen LogP contribution in [-0.2, 0) is 4.74 Å². The van der Waals surface area contributed by atoms with E-state index in [0.29, 0.717) is 13.2 Å². The lowest BCUT2D eigenvalue weighted by molar-refractivity contribution is 0.100. The summed E-state index contributed by atoms with van der Waals surface area (Å²) in [6.45, 7) is 8.09. The van der Waals surface area contributed by atoms with Gasteiger partial charge in [0.15, 0.2) is 0 Å². The van der Waals surface area contributed by atoms with Gasteiger partial charge in [-0.15, -0.1) is 0 Å². The highest BCUT2D eigenvalue weighted by Gasteiger charge is 2.08. The minimum Gasteiger partial charge on any atom is -0.491 e. The monoisotopic (exact) mass is 237 g/mol. The highest BCUT2D eigenvalue weighted by Crippen LogP contribution is 2.24. The van der Waals surface area contributed by atoms with Crippen LogP contribution in [0.25, 0.3) is 0 Å². The van der Waals surface area contributed by atoms with Crippen molar-refractivity contribution >= 4 is 0 Å². The molecule has 2 N–H and O–H groups in total. The summed E-state index contributed by atoms with van der Waals surface area (Å²) in [6.07, 6.45) is 1.04. The van der Waals surface area contributed by atoms with E-state index in [1.807, 2.05) is 26.0 Å². The lowest BCUT2D eigenvalue weighted by atomic mass is 10.1. The molecule has 0 saturated heterocycles. The molecule has 0 bridgehead atoms. The maximum absolute atomic E-state index is 5.91. The van der Waals surface area contributed by atoms with Gasteiger partial charge in [0.25, 0.3) is 0 Å². The van der Waals surface area contributed by atoms with Crippen molar-refractivity contribution in [2.45, 2.75) is 33.2 Å². The van der Waals surface area contributed by atoms with E-state index in [4.69, 9.17) is 15.2 Å². The van der Waals surface area contributed by atoms with Crippen LogP contribution in [0.15, 0.2) is 18.2 Å². The van der Waals surface area contributed by atoms with Crippen LogP contribution in [0.5, 0.6) is 5.75 Å². The zero-order valence-corrected chi connectivity index (χ0v) is 11.0. The normalized spacial score (nSPS) is 12.5. The highest BCUT2D eigenvalue weighted by atomic mass is 16.5. The zero-order valence-electron chi connectivity index (χ0n) is 11.0. The summed E-state index contributed by atoms with van der Waals surface area (Å²) in [5.74, 6) is 0.875. The molecule has 0 aromatic heterocycles. The van der Waals surface area contributed by atoms with Crippen LogP contribution in [0.4, 0.5) is 0 Å². The van der Waals surface area contributed by atoms with E-state index >= 15 is 0 Å². The summed E-state index contributed by atoms with van der Waals surface area (Å²) in [4.78, 5) is 0. The van der Waals surface area contributed by atoms with Crippen molar-refractivity contribution in [2.75, 3.05) is 19.8 Å². The largest absolute Gasteiger partial charge is 0.491 e. The van der Waals surface area contributed by atoms with Gasteiger partial charge in [-0.25, -0.2) is 0 Å². The summed E-state index contributed by atoms with van der Waals surface area (Å²) < 4.78 is 11.1. The maximum Gasteiger partial charge on any atom is 0.124 e. The first-order chi connectivity index (χ1) is 8.15. The van der Waals surface area contributed by atoms with E-state index in [-0.39, 0.29) is 6.04 Å². The minimum atomic E-state index is -0.0119. The minimum absolute atomic E-state index is 0.0119. The lowest BCUT2D eigenvalue weighted by Gasteiger charge is -2.14. The van der Waals surface area contributed by atoms with Crippen molar-refractivity contribution in [1.29, 1.82) is 0 Å². The summed E-state index contributed by atoms with van der Waals surface area (Å²) in [6, 6.07) is 6.10. The molecule has 0 radical (unpaired) electrons. The first-order valence-electron chi connectivity index (χ1n) is 6.21. The van der Waals surface area contributed by atoms with Crippen LogP contribution in [-0.4, -0.2) is 19.8 Å². The van der Waals surface area contributed by atoms with E-state index in [9.17, 15) is 0 Å². The molecule has 1 atom stereocenters. The van der Waals surface area contributed by atoms with Gasteiger partial charge >= 0.3 is 0 Å². The fourth-order valence-electron chi connectivity index (χ4n) is 1.60. The average Bonchev–Trinajstić information content (AvgIpc) is 2.28. The van der Waals surface area contributed by atoms with Crippen molar-refractivity contribution < 1.29 is 9.47 Å². The molecule has 3 nitrogen and oxygen atoms in total. The van der Waals surface area contributed by atoms with Gasteiger partial charge in [-0.05, 0) is 31.9 Å². The smallest absolute Gasteiger partial charge is 0.124 e. The first-order valence-corrected chi connectivity index (χ1v) is 6.21. The summed E-state index contributed by atoms with van der Waals surface area (Å²) in [7, 11) is 0. The van der Waals surface area contributed by atoms with Gasteiger partial charge < -0.3 is 15.2 Å². The summed E-state index contributed by atoms with van der Waals surface area (Å²) >= 11 is 0. The van der Waals surface area contributed by atoms with E-state index < -0.39 is 0 Å². The second kappa shape index (κ2) is 7.30. The maximum atomic E-state index is 5.91. The highest BCUT2D eigenvalue weighted by molar-refractivity contribution is 5.38. The van der Waals surface area contributed by atoms with Crippen LogP contribution < -0.4 is 10.5 Å². The number of aryl methyl sites for hydroxylation is 1. The molecule has 0 unspecified atom stereocenters. The fourth-order valence-corrected chi connectivity index (χ4v) is 1.60. The first kappa shape index (κ1) is 14.0. The van der Waals surface area contributed by atoms with Crippen molar-refractivity contribution in [3.63, 3.8) is 0 Å². The predicted molar refractivity (Wildman–Crippen MR) is 70.4 cm³/mol. The molecule has 0 aliphatic carbocycles. The third kappa shape index (κ3) is 4.75. The number of benzene rings is 1. The quantitative estimate of drug-likeness (QED) is 0.742. The van der Waals surface area contributed by atoms with Crippen LogP contribution in [0.2, 0.25) is 0 Å². The van der Waals surface area contributed by atoms with E-state index in [0.717, 1.165) is 24.3 Å². The molecule has 3 heteroatoms. The van der Waals surface area contributed by atoms with Crippen LogP contribution in [0, 0.1) is 6.92 Å². The van der Waals surface area contributed by atoms with E-state index in [1.54, 1.807) is 0 Å². The SMILES string of the molecule is CCCOCCOc1cc(C)ccc1[C@@H](C)N. The van der Waals surface area contributed by atoms with Crippen molar-refractivity contribution in [3.05, 3.63) is 29.3 Å². The Morgan fingerprint density at radius 2 is 2.00 bits per heavy atom. The summed E-state index contributed by atoms with van der Waals surface area (Å²) in [5.41, 5.74) is 8.13. The Labute approximate surface area is 104 Å². The third-order valence-corrected chi connectivity index (χ3v) is 2.49. The second-order valence-corrected chi connectivity index (χ2v) is 4.29. The molecule has 17 heavy (non-hydrogen) atoms. The fraction of sp³-hybridized carbons (Fsp3) is 0.571. The Balaban J connectivity index is 2.53. The number of rotatable bonds is 7. The molecule has 0 aliphatic heterocycles. The number of nitrogens with two attached hydrogens (primary N) is 1. The van der Waals surface area contributed by atoms with Crippen molar-refractivity contribution in [2.24, 2.45) is 5.73 Å².